The van der Waals surface area contributed by atoms with Gasteiger partial charge in [-0.05, 0) is 36.3 Å². The van der Waals surface area contributed by atoms with Gasteiger partial charge in [-0.2, -0.15) is 0 Å². The van der Waals surface area contributed by atoms with Crippen LogP contribution in [-0.4, -0.2) is 6.04 Å². The van der Waals surface area contributed by atoms with Crippen LogP contribution in [0.25, 0.3) is 10.8 Å². The Balaban J connectivity index is 1.86. The molecule has 1 aliphatic rings. The van der Waals surface area contributed by atoms with Gasteiger partial charge in [-0.25, -0.2) is 0 Å². The summed E-state index contributed by atoms with van der Waals surface area (Å²) in [4.78, 5) is 0. The highest BCUT2D eigenvalue weighted by Crippen LogP contribution is 2.33. The monoisotopic (exact) mass is 331 g/mol. The second-order valence-electron chi connectivity index (χ2n) is 5.92. The average molecular weight is 332 g/mol. The molecule has 0 aromatic heterocycles. The van der Waals surface area contributed by atoms with Crippen molar-refractivity contribution in [1.29, 1.82) is 0 Å². The van der Waals surface area contributed by atoms with Gasteiger partial charge in [-0.1, -0.05) is 66.4 Å². The predicted molar refractivity (Wildman–Crippen MR) is 91.3 cm³/mol. The Labute approximate surface area is 129 Å². The van der Waals surface area contributed by atoms with Gasteiger partial charge in [-0.15, -0.1) is 0 Å². The van der Waals surface area contributed by atoms with Crippen molar-refractivity contribution in [1.82, 2.24) is 0 Å². The third kappa shape index (κ3) is 2.85. The molecule has 1 nitrogen and oxygen atoms in total. The van der Waals surface area contributed by atoms with Crippen LogP contribution >= 0.6 is 15.9 Å². The number of hydrogen-bond donors (Lipinski definition) is 1. The van der Waals surface area contributed by atoms with Gasteiger partial charge >= 0.3 is 0 Å². The summed E-state index contributed by atoms with van der Waals surface area (Å²) < 4.78 is 1.17. The van der Waals surface area contributed by atoms with Gasteiger partial charge < -0.3 is 5.32 Å². The highest BCUT2D eigenvalue weighted by molar-refractivity contribution is 9.10. The van der Waals surface area contributed by atoms with Crippen LogP contribution in [0.4, 0.5) is 5.69 Å². The highest BCUT2D eigenvalue weighted by atomic mass is 79.9. The van der Waals surface area contributed by atoms with Gasteiger partial charge in [0.05, 0.1) is 0 Å². The molecule has 0 amide bonds. The Kier molecular flexibility index (Phi) is 4.30. The second-order valence-corrected chi connectivity index (χ2v) is 6.78. The van der Waals surface area contributed by atoms with Crippen molar-refractivity contribution in [3.05, 3.63) is 40.9 Å². The van der Waals surface area contributed by atoms with Crippen LogP contribution in [0.15, 0.2) is 40.9 Å². The molecule has 0 bridgehead atoms. The van der Waals surface area contributed by atoms with Crippen molar-refractivity contribution in [2.24, 2.45) is 5.92 Å². The number of benzene rings is 2. The molecular formula is C18H22BrN. The summed E-state index contributed by atoms with van der Waals surface area (Å²) in [5.74, 6) is 0.906. The lowest BCUT2D eigenvalue weighted by Crippen LogP contribution is -2.27. The molecule has 0 aliphatic heterocycles. The molecule has 20 heavy (non-hydrogen) atoms. The molecule has 0 saturated heterocycles. The maximum absolute atomic E-state index is 3.79. The van der Waals surface area contributed by atoms with Gasteiger partial charge in [0.15, 0.2) is 0 Å². The second kappa shape index (κ2) is 6.17. The van der Waals surface area contributed by atoms with E-state index in [4.69, 9.17) is 0 Å². The van der Waals surface area contributed by atoms with Crippen LogP contribution in [0.1, 0.15) is 39.0 Å². The molecule has 1 saturated carbocycles. The molecule has 2 heteroatoms. The topological polar surface area (TPSA) is 12.0 Å². The maximum atomic E-state index is 3.79. The molecule has 2 aromatic carbocycles. The summed E-state index contributed by atoms with van der Waals surface area (Å²) >= 11 is 3.65. The fourth-order valence-corrected chi connectivity index (χ4v) is 3.88. The van der Waals surface area contributed by atoms with Gasteiger partial charge in [-0.3, -0.25) is 0 Å². The van der Waals surface area contributed by atoms with Crippen LogP contribution in [0.3, 0.4) is 0 Å². The zero-order valence-electron chi connectivity index (χ0n) is 12.0. The third-order valence-corrected chi connectivity index (χ3v) is 5.28. The third-order valence-electron chi connectivity index (χ3n) is 4.59. The maximum Gasteiger partial charge on any atom is 0.0422 e. The number of nitrogens with one attached hydrogen (secondary N) is 1. The Morgan fingerprint density at radius 3 is 2.70 bits per heavy atom. The van der Waals surface area contributed by atoms with Crippen LogP contribution < -0.4 is 5.32 Å². The summed E-state index contributed by atoms with van der Waals surface area (Å²) in [6.07, 6.45) is 6.72. The Hall–Kier alpha value is -1.02. The van der Waals surface area contributed by atoms with E-state index in [0.717, 1.165) is 5.92 Å². The van der Waals surface area contributed by atoms with Crippen molar-refractivity contribution in [2.45, 2.75) is 45.1 Å². The fourth-order valence-electron chi connectivity index (χ4n) is 3.40. The van der Waals surface area contributed by atoms with E-state index < -0.39 is 0 Å². The van der Waals surface area contributed by atoms with E-state index in [1.54, 1.807) is 0 Å². The van der Waals surface area contributed by atoms with Crippen LogP contribution in [0, 0.1) is 5.92 Å². The summed E-state index contributed by atoms with van der Waals surface area (Å²) in [7, 11) is 0. The van der Waals surface area contributed by atoms with Gasteiger partial charge in [0.1, 0.15) is 0 Å². The number of rotatable bonds is 3. The summed E-state index contributed by atoms with van der Waals surface area (Å²) in [5.41, 5.74) is 1.28. The van der Waals surface area contributed by atoms with Crippen molar-refractivity contribution in [3.63, 3.8) is 0 Å². The van der Waals surface area contributed by atoms with Crippen LogP contribution in [0.5, 0.6) is 0 Å². The zero-order valence-corrected chi connectivity index (χ0v) is 13.6. The molecule has 1 fully saturated rings. The van der Waals surface area contributed by atoms with Gasteiger partial charge in [0.2, 0.25) is 0 Å². The first-order valence-electron chi connectivity index (χ1n) is 7.71. The standard InChI is InChI=1S/C18H22BrN/c1-2-13-6-5-7-14(12-13)20-18-11-10-17(19)15-8-3-4-9-16(15)18/h3-4,8-11,13-14,20H,2,5-7,12H2,1H3. The van der Waals surface area contributed by atoms with E-state index in [0.29, 0.717) is 6.04 Å². The van der Waals surface area contributed by atoms with Crippen molar-refractivity contribution < 1.29 is 0 Å². The lowest BCUT2D eigenvalue weighted by molar-refractivity contribution is 0.327. The van der Waals surface area contributed by atoms with Crippen molar-refractivity contribution >= 4 is 32.4 Å². The normalized spacial score (nSPS) is 22.9. The van der Waals surface area contributed by atoms with E-state index in [1.807, 2.05) is 0 Å². The molecule has 0 heterocycles. The van der Waals surface area contributed by atoms with Crippen molar-refractivity contribution in [3.8, 4) is 0 Å². The van der Waals surface area contributed by atoms with Crippen LogP contribution in [0.2, 0.25) is 0 Å². The molecule has 1 aliphatic carbocycles. The fraction of sp³-hybridized carbons (Fsp3) is 0.444. The molecule has 106 valence electrons. The minimum atomic E-state index is 0.637. The van der Waals surface area contributed by atoms with E-state index in [2.05, 4.69) is 64.6 Å². The Morgan fingerprint density at radius 1 is 1.10 bits per heavy atom. The molecular weight excluding hydrogens is 310 g/mol. The molecule has 2 atom stereocenters. The minimum Gasteiger partial charge on any atom is -0.382 e. The van der Waals surface area contributed by atoms with E-state index in [9.17, 15) is 0 Å². The Morgan fingerprint density at radius 2 is 1.90 bits per heavy atom. The summed E-state index contributed by atoms with van der Waals surface area (Å²) in [5, 5.41) is 6.41. The van der Waals surface area contributed by atoms with Gasteiger partial charge in [0, 0.05) is 21.6 Å². The lowest BCUT2D eigenvalue weighted by atomic mass is 9.84. The summed E-state index contributed by atoms with van der Waals surface area (Å²) in [6, 6.07) is 13.6. The minimum absolute atomic E-state index is 0.637. The summed E-state index contributed by atoms with van der Waals surface area (Å²) in [6.45, 7) is 2.32. The zero-order chi connectivity index (χ0) is 13.9. The SMILES string of the molecule is CCC1CCCC(Nc2ccc(Br)c3ccccc23)C1. The van der Waals surface area contributed by atoms with E-state index >= 15 is 0 Å². The average Bonchev–Trinajstić information content (AvgIpc) is 2.51. The first-order valence-corrected chi connectivity index (χ1v) is 8.51. The molecule has 0 spiro atoms. The largest absolute Gasteiger partial charge is 0.382 e. The Bertz CT molecular complexity index is 593. The highest BCUT2D eigenvalue weighted by Gasteiger charge is 2.21. The molecule has 0 radical (unpaired) electrons. The van der Waals surface area contributed by atoms with Gasteiger partial charge in [0.25, 0.3) is 0 Å². The molecule has 2 aromatic rings. The molecule has 2 unspecified atom stereocenters. The van der Waals surface area contributed by atoms with Crippen molar-refractivity contribution in [2.75, 3.05) is 5.32 Å². The van der Waals surface area contributed by atoms with E-state index in [1.165, 1.54) is 53.0 Å². The van der Waals surface area contributed by atoms with Crippen LogP contribution in [-0.2, 0) is 0 Å². The smallest absolute Gasteiger partial charge is 0.0422 e. The number of halogens is 1. The van der Waals surface area contributed by atoms with E-state index in [-0.39, 0.29) is 0 Å². The quantitative estimate of drug-likeness (QED) is 0.729. The predicted octanol–water partition coefficient (Wildman–Crippen LogP) is 5.98. The number of anilines is 1. The molecule has 1 N–H and O–H groups in total. The first kappa shape index (κ1) is 13.9. The number of fused-ring (bicyclic) bond motifs is 1. The lowest BCUT2D eigenvalue weighted by Gasteiger charge is -2.30. The number of hydrogen-bond acceptors (Lipinski definition) is 1. The molecule has 3 rings (SSSR count). The first-order chi connectivity index (χ1) is 9.78.